The van der Waals surface area contributed by atoms with Crippen molar-refractivity contribution in [2.45, 2.75) is 26.2 Å². The van der Waals surface area contributed by atoms with Crippen molar-refractivity contribution in [2.24, 2.45) is 0 Å². The molecule has 1 aromatic rings. The first-order valence-corrected chi connectivity index (χ1v) is 8.53. The fraction of sp³-hybridized carbons (Fsp3) is 0.500. The number of aryl methyl sites for hydroxylation is 1. The second-order valence-corrected chi connectivity index (χ2v) is 8.70. The Hall–Kier alpha value is -0.720. The predicted octanol–water partition coefficient (Wildman–Crippen LogP) is 4.17. The topological polar surface area (TPSA) is 0 Å². The Morgan fingerprint density at radius 1 is 1.25 bits per heavy atom. The number of halogens is 1. The summed E-state index contributed by atoms with van der Waals surface area (Å²) < 4.78 is 14.1. The van der Waals surface area contributed by atoms with Crippen LogP contribution in [0.2, 0.25) is 0 Å². The van der Waals surface area contributed by atoms with Crippen molar-refractivity contribution in [1.29, 1.82) is 0 Å². The molecule has 1 aromatic carbocycles. The van der Waals surface area contributed by atoms with Gasteiger partial charge in [-0.3, -0.25) is 0 Å². The molecule has 0 aromatic heterocycles. The quantitative estimate of drug-likeness (QED) is 0.744. The van der Waals surface area contributed by atoms with Gasteiger partial charge in [-0.05, 0) is 43.2 Å². The van der Waals surface area contributed by atoms with E-state index in [0.717, 1.165) is 24.8 Å². The third kappa shape index (κ3) is 4.03. The molecule has 0 fully saturated rings. The molecule has 0 nitrogen and oxygen atoms in total. The lowest BCUT2D eigenvalue weighted by atomic mass is 10.1. The molecule has 0 saturated heterocycles. The van der Waals surface area contributed by atoms with Crippen molar-refractivity contribution in [3.8, 4) is 5.18 Å². The molecule has 2 heteroatoms. The molecule has 0 saturated carbocycles. The van der Waals surface area contributed by atoms with Crippen molar-refractivity contribution < 1.29 is 4.39 Å². The van der Waals surface area contributed by atoms with Crippen LogP contribution in [0.1, 0.15) is 30.9 Å². The maximum Gasteiger partial charge on any atom is 0.141 e. The molecule has 0 unspecified atom stereocenters. The van der Waals surface area contributed by atoms with E-state index in [1.807, 2.05) is 18.2 Å². The van der Waals surface area contributed by atoms with E-state index in [2.05, 4.69) is 30.9 Å². The highest BCUT2D eigenvalue weighted by Gasteiger charge is 2.05. The summed E-state index contributed by atoms with van der Waals surface area (Å²) in [6, 6.07) is 5.64. The molecule has 0 atom stereocenters. The van der Waals surface area contributed by atoms with E-state index >= 15 is 0 Å². The van der Waals surface area contributed by atoms with Crippen LogP contribution in [0, 0.1) is 11.0 Å². The maximum absolute atomic E-state index is 14.1. The van der Waals surface area contributed by atoms with Gasteiger partial charge in [-0.2, -0.15) is 9.44 Å². The number of rotatable bonds is 3. The summed E-state index contributed by atoms with van der Waals surface area (Å²) >= 11 is 0. The zero-order valence-corrected chi connectivity index (χ0v) is 11.5. The van der Waals surface area contributed by atoms with Crippen LogP contribution in [0.25, 0.3) is 0 Å². The van der Waals surface area contributed by atoms with Crippen LogP contribution in [0.3, 0.4) is 0 Å². The molecule has 0 spiro atoms. The van der Waals surface area contributed by atoms with Crippen LogP contribution in [0.4, 0.5) is 4.39 Å². The standard InChI is InChI=1S/C14H21FS/c1-5-6-8-12-9-7-10-13(14(12)15)11-16(2,3)4/h7,9-10H,5-6,8H2,1-4H3. The fourth-order valence-corrected chi connectivity index (χ4v) is 2.37. The first-order chi connectivity index (χ1) is 7.44. The molecule has 0 amide bonds. The fourth-order valence-electron chi connectivity index (χ4n) is 1.55. The van der Waals surface area contributed by atoms with Crippen molar-refractivity contribution in [3.05, 3.63) is 35.1 Å². The van der Waals surface area contributed by atoms with Crippen molar-refractivity contribution >= 4 is 9.44 Å². The van der Waals surface area contributed by atoms with Gasteiger partial charge in [0.25, 0.3) is 0 Å². The lowest BCUT2D eigenvalue weighted by Crippen LogP contribution is -1.94. The van der Waals surface area contributed by atoms with Gasteiger partial charge in [0.05, 0.1) is 5.56 Å². The van der Waals surface area contributed by atoms with Crippen molar-refractivity contribution in [1.82, 2.24) is 0 Å². The summed E-state index contributed by atoms with van der Waals surface area (Å²) in [5, 5.41) is 3.27. The van der Waals surface area contributed by atoms with E-state index < -0.39 is 9.44 Å². The van der Waals surface area contributed by atoms with Crippen LogP contribution in [-0.2, 0) is 6.42 Å². The maximum atomic E-state index is 14.1. The van der Waals surface area contributed by atoms with Crippen LogP contribution in [0.15, 0.2) is 18.2 Å². The van der Waals surface area contributed by atoms with Gasteiger partial charge in [0, 0.05) is 0 Å². The highest BCUT2D eigenvalue weighted by Crippen LogP contribution is 2.21. The van der Waals surface area contributed by atoms with Gasteiger partial charge in [-0.1, -0.05) is 30.7 Å². The third-order valence-corrected chi connectivity index (χ3v) is 3.13. The second kappa shape index (κ2) is 5.56. The first-order valence-electron chi connectivity index (χ1n) is 5.67. The van der Waals surface area contributed by atoms with Gasteiger partial charge in [0.15, 0.2) is 0 Å². The minimum Gasteiger partial charge on any atom is -0.205 e. The Bertz CT molecular complexity index is 455. The van der Waals surface area contributed by atoms with Gasteiger partial charge < -0.3 is 0 Å². The molecule has 16 heavy (non-hydrogen) atoms. The predicted molar refractivity (Wildman–Crippen MR) is 73.4 cm³/mol. The van der Waals surface area contributed by atoms with Crippen molar-refractivity contribution in [2.75, 3.05) is 18.8 Å². The average molecular weight is 240 g/mol. The van der Waals surface area contributed by atoms with E-state index in [4.69, 9.17) is 0 Å². The molecule has 0 bridgehead atoms. The summed E-state index contributed by atoms with van der Waals surface area (Å²) in [6.45, 7) is 2.12. The second-order valence-electron chi connectivity index (χ2n) is 4.82. The molecule has 0 heterocycles. The van der Waals surface area contributed by atoms with Gasteiger partial charge in [0.2, 0.25) is 0 Å². The minimum absolute atomic E-state index is 0.0709. The number of unbranched alkanes of at least 4 members (excludes halogenated alkanes) is 1. The molecule has 0 aliphatic rings. The molecule has 0 aliphatic carbocycles. The molecule has 0 aliphatic heterocycles. The van der Waals surface area contributed by atoms with Crippen LogP contribution < -0.4 is 0 Å². The summed E-state index contributed by atoms with van der Waals surface area (Å²) in [6.07, 6.45) is 9.32. The molecular formula is C14H21FS. The smallest absolute Gasteiger partial charge is 0.141 e. The van der Waals surface area contributed by atoms with Crippen LogP contribution in [0.5, 0.6) is 0 Å². The van der Waals surface area contributed by atoms with Crippen LogP contribution >= 0.6 is 9.44 Å². The lowest BCUT2D eigenvalue weighted by Gasteiger charge is -2.07. The largest absolute Gasteiger partial charge is 0.205 e. The summed E-state index contributed by atoms with van der Waals surface area (Å²) in [4.78, 5) is 0. The molecular weight excluding hydrogens is 219 g/mol. The molecule has 0 N–H and O–H groups in total. The Morgan fingerprint density at radius 2 is 1.94 bits per heavy atom. The monoisotopic (exact) mass is 240 g/mol. The van der Waals surface area contributed by atoms with E-state index in [-0.39, 0.29) is 5.82 Å². The minimum atomic E-state index is -0.927. The zero-order chi connectivity index (χ0) is 12.2. The van der Waals surface area contributed by atoms with Gasteiger partial charge in [-0.15, -0.1) is 0 Å². The third-order valence-electron chi connectivity index (χ3n) is 2.29. The average Bonchev–Trinajstić information content (AvgIpc) is 2.17. The molecule has 0 radical (unpaired) electrons. The Kier molecular flexibility index (Phi) is 4.64. The van der Waals surface area contributed by atoms with E-state index in [0.29, 0.717) is 5.56 Å². The van der Waals surface area contributed by atoms with Gasteiger partial charge >= 0.3 is 0 Å². The van der Waals surface area contributed by atoms with E-state index in [1.54, 1.807) is 0 Å². The zero-order valence-electron chi connectivity index (χ0n) is 10.6. The molecule has 1 rings (SSSR count). The van der Waals surface area contributed by atoms with E-state index in [1.165, 1.54) is 0 Å². The van der Waals surface area contributed by atoms with Crippen LogP contribution in [-0.4, -0.2) is 18.8 Å². The Balaban J connectivity index is 3.11. The van der Waals surface area contributed by atoms with Crippen molar-refractivity contribution in [3.63, 3.8) is 0 Å². The van der Waals surface area contributed by atoms with Gasteiger partial charge in [0.1, 0.15) is 5.82 Å². The number of hydrogen-bond acceptors (Lipinski definition) is 0. The highest BCUT2D eigenvalue weighted by atomic mass is 32.2. The highest BCUT2D eigenvalue weighted by molar-refractivity contribution is 8.22. The summed E-state index contributed by atoms with van der Waals surface area (Å²) in [7, 11) is -0.927. The first kappa shape index (κ1) is 13.3. The lowest BCUT2D eigenvalue weighted by molar-refractivity contribution is 0.600. The normalized spacial score (nSPS) is 11.3. The van der Waals surface area contributed by atoms with E-state index in [9.17, 15) is 4.39 Å². The summed E-state index contributed by atoms with van der Waals surface area (Å²) in [5.41, 5.74) is 1.48. The molecule has 90 valence electrons. The number of benzene rings is 1. The summed E-state index contributed by atoms with van der Waals surface area (Å²) in [5.74, 6) is -0.0709. The number of hydrogen-bond donors (Lipinski definition) is 0. The van der Waals surface area contributed by atoms with Gasteiger partial charge in [-0.25, -0.2) is 4.39 Å². The Morgan fingerprint density at radius 3 is 2.50 bits per heavy atom. The Labute approximate surface area is 99.4 Å². The SMILES string of the molecule is CCCCc1cccc(C#S(C)(C)C)c1F.